The number of amidine groups is 1. The minimum absolute atomic E-state index is 0.00243. The summed E-state index contributed by atoms with van der Waals surface area (Å²) in [5, 5.41) is 24.2. The third-order valence-corrected chi connectivity index (χ3v) is 5.39. The molecule has 2 aromatic carbocycles. The van der Waals surface area contributed by atoms with E-state index in [0.29, 0.717) is 17.0 Å². The summed E-state index contributed by atoms with van der Waals surface area (Å²) >= 11 is 0. The fourth-order valence-corrected chi connectivity index (χ4v) is 3.56. The lowest BCUT2D eigenvalue weighted by molar-refractivity contribution is 0.0690. The lowest BCUT2D eigenvalue weighted by atomic mass is 10.0. The van der Waals surface area contributed by atoms with Crippen molar-refractivity contribution in [3.63, 3.8) is 0 Å². The maximum atomic E-state index is 15.5. The molecule has 6 N–H and O–H groups in total. The number of hydrogen-bond donors (Lipinski definition) is 5. The van der Waals surface area contributed by atoms with Gasteiger partial charge in [0.05, 0.1) is 14.2 Å². The highest BCUT2D eigenvalue weighted by Gasteiger charge is 2.26. The predicted octanol–water partition coefficient (Wildman–Crippen LogP) is 2.30. The largest absolute Gasteiger partial charge is 0.497 e. The summed E-state index contributed by atoms with van der Waals surface area (Å²) in [6.45, 7) is 0. The van der Waals surface area contributed by atoms with Gasteiger partial charge >= 0.3 is 11.7 Å². The molecule has 2 aromatic heterocycles. The Kier molecular flexibility index (Phi) is 6.86. The maximum absolute atomic E-state index is 15.5. The summed E-state index contributed by atoms with van der Waals surface area (Å²) in [5.74, 6) is -1.95. The van der Waals surface area contributed by atoms with Crippen LogP contribution >= 0.6 is 0 Å². The molecular formula is C24H22FN7O5. The number of H-pyrrole nitrogens is 1. The van der Waals surface area contributed by atoms with E-state index in [4.69, 9.17) is 20.6 Å². The Hall–Kier alpha value is -5.20. The zero-order valence-electron chi connectivity index (χ0n) is 19.7. The van der Waals surface area contributed by atoms with E-state index in [-0.39, 0.29) is 34.5 Å². The minimum atomic E-state index is -1.27. The normalized spacial score (nSPS) is 11.5. The molecule has 1 atom stereocenters. The van der Waals surface area contributed by atoms with Crippen molar-refractivity contribution in [1.29, 1.82) is 5.41 Å². The van der Waals surface area contributed by atoms with Crippen LogP contribution in [-0.4, -0.2) is 50.9 Å². The van der Waals surface area contributed by atoms with Gasteiger partial charge in [-0.2, -0.15) is 4.68 Å². The molecule has 0 aliphatic carbocycles. The predicted molar refractivity (Wildman–Crippen MR) is 131 cm³/mol. The third-order valence-electron chi connectivity index (χ3n) is 5.39. The molecule has 0 aliphatic heterocycles. The maximum Gasteiger partial charge on any atom is 0.354 e. The highest BCUT2D eigenvalue weighted by atomic mass is 19.1. The third kappa shape index (κ3) is 5.10. The first kappa shape index (κ1) is 24.9. The molecule has 1 unspecified atom stereocenters. The van der Waals surface area contributed by atoms with Gasteiger partial charge in [0.2, 0.25) is 0 Å². The van der Waals surface area contributed by atoms with E-state index < -0.39 is 23.5 Å². The second-order valence-corrected chi connectivity index (χ2v) is 7.71. The van der Waals surface area contributed by atoms with Crippen LogP contribution in [0, 0.1) is 11.2 Å². The molecule has 0 saturated heterocycles. The first-order valence-electron chi connectivity index (χ1n) is 10.7. The zero-order valence-corrected chi connectivity index (χ0v) is 19.7. The van der Waals surface area contributed by atoms with Crippen molar-refractivity contribution in [1.82, 2.24) is 19.7 Å². The molecule has 12 nitrogen and oxygen atoms in total. The van der Waals surface area contributed by atoms with Gasteiger partial charge in [0, 0.05) is 22.9 Å². The van der Waals surface area contributed by atoms with Crippen molar-refractivity contribution in [2.75, 3.05) is 19.5 Å². The van der Waals surface area contributed by atoms with Crippen LogP contribution in [0.5, 0.6) is 11.5 Å². The Morgan fingerprint density at radius 2 is 1.92 bits per heavy atom. The molecule has 0 aliphatic rings. The highest BCUT2D eigenvalue weighted by molar-refractivity contribution is 5.95. The molecule has 0 fully saturated rings. The van der Waals surface area contributed by atoms with Crippen LogP contribution in [0.25, 0.3) is 5.82 Å². The van der Waals surface area contributed by atoms with Gasteiger partial charge in [-0.05, 0) is 42.5 Å². The summed E-state index contributed by atoms with van der Waals surface area (Å²) < 4.78 is 26.8. The Morgan fingerprint density at radius 3 is 2.54 bits per heavy atom. The molecule has 4 rings (SSSR count). The van der Waals surface area contributed by atoms with Crippen molar-refractivity contribution in [2.24, 2.45) is 5.73 Å². The van der Waals surface area contributed by atoms with Crippen LogP contribution in [-0.2, 0) is 0 Å². The monoisotopic (exact) mass is 507 g/mol. The molecule has 190 valence electrons. The van der Waals surface area contributed by atoms with Gasteiger partial charge in [0.25, 0.3) is 0 Å². The van der Waals surface area contributed by atoms with E-state index in [9.17, 15) is 14.7 Å². The van der Waals surface area contributed by atoms with Crippen molar-refractivity contribution in [3.8, 4) is 17.3 Å². The van der Waals surface area contributed by atoms with Crippen molar-refractivity contribution < 1.29 is 23.8 Å². The number of ether oxygens (including phenoxy) is 2. The van der Waals surface area contributed by atoms with Crippen LogP contribution in [0.3, 0.4) is 0 Å². The molecule has 0 amide bonds. The first-order valence-corrected chi connectivity index (χ1v) is 10.7. The average Bonchev–Trinajstić information content (AvgIpc) is 3.29. The van der Waals surface area contributed by atoms with E-state index in [1.54, 1.807) is 24.3 Å². The van der Waals surface area contributed by atoms with Crippen LogP contribution in [0.1, 0.15) is 33.5 Å². The van der Waals surface area contributed by atoms with E-state index in [2.05, 4.69) is 20.4 Å². The summed E-state index contributed by atoms with van der Waals surface area (Å²) in [7, 11) is 2.72. The Morgan fingerprint density at radius 1 is 1.19 bits per heavy atom. The topological polar surface area (TPSA) is 181 Å². The second kappa shape index (κ2) is 10.2. The number of aromatic nitrogens is 4. The number of nitrogens with two attached hydrogens (primary N) is 1. The van der Waals surface area contributed by atoms with E-state index >= 15 is 4.39 Å². The summed E-state index contributed by atoms with van der Waals surface area (Å²) in [6.07, 6.45) is 0. The van der Waals surface area contributed by atoms with Gasteiger partial charge in [0.1, 0.15) is 17.6 Å². The van der Waals surface area contributed by atoms with E-state index in [0.717, 1.165) is 4.68 Å². The molecule has 0 radical (unpaired) electrons. The number of methoxy groups -OCH3 is 2. The molecule has 0 spiro atoms. The highest BCUT2D eigenvalue weighted by Crippen LogP contribution is 2.34. The van der Waals surface area contributed by atoms with Gasteiger partial charge in [-0.3, -0.25) is 10.4 Å². The van der Waals surface area contributed by atoms with Gasteiger partial charge in [-0.1, -0.05) is 6.07 Å². The van der Waals surface area contributed by atoms with E-state index in [1.807, 2.05) is 0 Å². The lowest BCUT2D eigenvalue weighted by Crippen LogP contribution is -2.18. The molecule has 37 heavy (non-hydrogen) atoms. The minimum Gasteiger partial charge on any atom is -0.497 e. The van der Waals surface area contributed by atoms with Crippen LogP contribution < -0.4 is 26.2 Å². The van der Waals surface area contributed by atoms with Gasteiger partial charge < -0.3 is 25.6 Å². The number of anilines is 1. The number of aromatic amines is 1. The quantitative estimate of drug-likeness (QED) is 0.168. The average molecular weight is 507 g/mol. The van der Waals surface area contributed by atoms with Crippen LogP contribution in [0.2, 0.25) is 0 Å². The molecular weight excluding hydrogens is 485 g/mol. The van der Waals surface area contributed by atoms with Crippen molar-refractivity contribution in [3.05, 3.63) is 93.5 Å². The lowest BCUT2D eigenvalue weighted by Gasteiger charge is -2.20. The molecule has 4 aromatic rings. The number of pyridine rings is 1. The second-order valence-electron chi connectivity index (χ2n) is 7.71. The smallest absolute Gasteiger partial charge is 0.354 e. The fourth-order valence-electron chi connectivity index (χ4n) is 3.56. The fraction of sp³-hybridized carbons (Fsp3) is 0.125. The number of hydrogen-bond acceptors (Lipinski definition) is 8. The number of aromatic carboxylic acids is 1. The number of halogens is 1. The number of rotatable bonds is 9. The molecule has 13 heteroatoms. The number of nitrogen functional groups attached to an aromatic ring is 1. The molecule has 0 bridgehead atoms. The van der Waals surface area contributed by atoms with Gasteiger partial charge in [0.15, 0.2) is 28.9 Å². The number of benzene rings is 2. The Labute approximate surface area is 209 Å². The number of carboxylic acid groups (broad SMARTS) is 1. The number of carbonyl (C=O) groups is 1. The zero-order chi connectivity index (χ0) is 26.7. The van der Waals surface area contributed by atoms with Gasteiger partial charge in [-0.25, -0.2) is 19.0 Å². The molecule has 0 saturated carbocycles. The van der Waals surface area contributed by atoms with Crippen LogP contribution in [0.15, 0.2) is 59.4 Å². The van der Waals surface area contributed by atoms with Gasteiger partial charge in [-0.15, -0.1) is 5.10 Å². The number of carboxylic acids is 1. The van der Waals surface area contributed by atoms with E-state index in [1.165, 1.54) is 44.6 Å². The number of nitrogens with one attached hydrogen (secondary N) is 3. The Bertz CT molecular complexity index is 1530. The van der Waals surface area contributed by atoms with Crippen LogP contribution in [0.4, 0.5) is 10.1 Å². The standard InChI is InChI=1S/C24H22FN7O5/c1-36-14-10-15(19(25)17(11-14)37-2)20(28-13-8-6-12(7-9-13)21(26)27)22-30-24(35)32(31-22)18-5-3-4-16(29-18)23(33)34/h3-11,20,28H,1-2H3,(H3,26,27)(H,33,34)(H,30,31,35). The summed E-state index contributed by atoms with van der Waals surface area (Å²) in [4.78, 5) is 30.7. The summed E-state index contributed by atoms with van der Waals surface area (Å²) in [5.41, 5.74) is 5.55. The first-order chi connectivity index (χ1) is 17.7. The number of nitrogens with zero attached hydrogens (tertiary/aromatic N) is 3. The van der Waals surface area contributed by atoms with Crippen molar-refractivity contribution in [2.45, 2.75) is 6.04 Å². The van der Waals surface area contributed by atoms with Crippen molar-refractivity contribution >= 4 is 17.5 Å². The summed E-state index contributed by atoms with van der Waals surface area (Å²) in [6, 6.07) is 12.3. The SMILES string of the molecule is COc1cc(OC)c(F)c(C(Nc2ccc(C(=N)N)cc2)c2nn(-c3cccc(C(=O)O)n3)c(=O)[nH]2)c1. The Balaban J connectivity index is 1.85. The molecule has 2 heterocycles.